The smallest absolute Gasteiger partial charge is 0.139 e. The number of fused-ring (bicyclic) bond motifs is 1. The number of benzene rings is 1. The molecule has 0 aliphatic rings. The van der Waals surface area contributed by atoms with E-state index in [1.54, 1.807) is 7.11 Å². The maximum atomic E-state index is 5.23. The topological polar surface area (TPSA) is 38.6 Å². The van der Waals surface area contributed by atoms with Gasteiger partial charge in [0.05, 0.1) is 7.11 Å². The molecule has 114 valence electrons. The second-order valence-electron chi connectivity index (χ2n) is 6.34. The van der Waals surface area contributed by atoms with Crippen molar-refractivity contribution < 1.29 is 4.74 Å². The average Bonchev–Trinajstić information content (AvgIpc) is 2.84. The monoisotopic (exact) mass is 295 g/mol. The quantitative estimate of drug-likeness (QED) is 0.786. The maximum Gasteiger partial charge on any atom is 0.139 e. The van der Waals surface area contributed by atoms with Gasteiger partial charge in [0, 0.05) is 17.3 Å². The number of hydrogen-bond donors (Lipinski definition) is 1. The predicted molar refractivity (Wildman–Crippen MR) is 90.6 cm³/mol. The number of nitrogens with zero attached hydrogens (tertiary/aromatic N) is 2. The molecule has 4 nitrogen and oxygen atoms in total. The lowest BCUT2D eigenvalue weighted by molar-refractivity contribution is 0.415. The third kappa shape index (κ3) is 2.77. The standard InChI is InChI=1S/C18H21N3O/c1-18(2,3)20-17-16(13-8-10-14(22-4)11-9-13)19-15-7-5-6-12-21(15)17/h5-12,20H,1-4H3. The summed E-state index contributed by atoms with van der Waals surface area (Å²) in [5.74, 6) is 1.85. The molecule has 2 heterocycles. The Kier molecular flexibility index (Phi) is 3.53. The molecule has 3 rings (SSSR count). The SMILES string of the molecule is COc1ccc(-c2nc3ccccn3c2NC(C)(C)C)cc1. The second-order valence-corrected chi connectivity index (χ2v) is 6.34. The van der Waals surface area contributed by atoms with Gasteiger partial charge in [-0.25, -0.2) is 4.98 Å². The molecule has 0 spiro atoms. The zero-order chi connectivity index (χ0) is 15.7. The van der Waals surface area contributed by atoms with Crippen LogP contribution in [-0.4, -0.2) is 22.0 Å². The van der Waals surface area contributed by atoms with Crippen LogP contribution in [0.4, 0.5) is 5.82 Å². The summed E-state index contributed by atoms with van der Waals surface area (Å²) < 4.78 is 7.32. The van der Waals surface area contributed by atoms with Crippen LogP contribution < -0.4 is 10.1 Å². The Balaban J connectivity index is 2.16. The fourth-order valence-corrected chi connectivity index (χ4v) is 2.42. The van der Waals surface area contributed by atoms with Gasteiger partial charge in [0.15, 0.2) is 0 Å². The van der Waals surface area contributed by atoms with Gasteiger partial charge in [-0.15, -0.1) is 0 Å². The fraction of sp³-hybridized carbons (Fsp3) is 0.278. The number of methoxy groups -OCH3 is 1. The molecule has 1 aromatic carbocycles. The molecule has 2 aromatic heterocycles. The van der Waals surface area contributed by atoms with E-state index in [0.717, 1.165) is 28.5 Å². The number of ether oxygens (including phenoxy) is 1. The van der Waals surface area contributed by atoms with Crippen LogP contribution in [0.15, 0.2) is 48.7 Å². The number of anilines is 1. The van der Waals surface area contributed by atoms with Crippen molar-refractivity contribution >= 4 is 11.5 Å². The van der Waals surface area contributed by atoms with Gasteiger partial charge < -0.3 is 10.1 Å². The minimum absolute atomic E-state index is 0.0486. The number of aromatic nitrogens is 2. The van der Waals surface area contributed by atoms with E-state index in [1.807, 2.05) is 48.7 Å². The Morgan fingerprint density at radius 1 is 1.05 bits per heavy atom. The van der Waals surface area contributed by atoms with Crippen LogP contribution >= 0.6 is 0 Å². The normalized spacial score (nSPS) is 11.6. The molecule has 1 N–H and O–H groups in total. The molecule has 0 aliphatic carbocycles. The van der Waals surface area contributed by atoms with Crippen LogP contribution in [0.25, 0.3) is 16.9 Å². The van der Waals surface area contributed by atoms with Gasteiger partial charge in [-0.05, 0) is 57.2 Å². The molecule has 0 amide bonds. The number of rotatable bonds is 3. The van der Waals surface area contributed by atoms with E-state index in [4.69, 9.17) is 9.72 Å². The van der Waals surface area contributed by atoms with Gasteiger partial charge in [0.1, 0.15) is 22.9 Å². The van der Waals surface area contributed by atoms with Gasteiger partial charge in [-0.3, -0.25) is 4.40 Å². The van der Waals surface area contributed by atoms with Gasteiger partial charge in [-0.1, -0.05) is 6.07 Å². The van der Waals surface area contributed by atoms with E-state index in [1.165, 1.54) is 0 Å². The van der Waals surface area contributed by atoms with Crippen LogP contribution in [0.1, 0.15) is 20.8 Å². The summed E-state index contributed by atoms with van der Waals surface area (Å²) in [6, 6.07) is 14.0. The van der Waals surface area contributed by atoms with Crippen molar-refractivity contribution in [3.05, 3.63) is 48.7 Å². The minimum Gasteiger partial charge on any atom is -0.497 e. The summed E-state index contributed by atoms with van der Waals surface area (Å²) in [6.45, 7) is 6.44. The molecular formula is C18H21N3O. The van der Waals surface area contributed by atoms with Gasteiger partial charge in [-0.2, -0.15) is 0 Å². The highest BCUT2D eigenvalue weighted by molar-refractivity contribution is 5.77. The molecule has 22 heavy (non-hydrogen) atoms. The van der Waals surface area contributed by atoms with Crippen LogP contribution in [0, 0.1) is 0 Å². The van der Waals surface area contributed by atoms with Crippen molar-refractivity contribution in [2.75, 3.05) is 12.4 Å². The molecule has 0 radical (unpaired) electrons. The molecule has 3 aromatic rings. The highest BCUT2D eigenvalue weighted by Gasteiger charge is 2.18. The van der Waals surface area contributed by atoms with Crippen LogP contribution in [0.3, 0.4) is 0 Å². The molecule has 0 atom stereocenters. The second kappa shape index (κ2) is 5.37. The van der Waals surface area contributed by atoms with E-state index in [2.05, 4.69) is 30.5 Å². The first-order valence-corrected chi connectivity index (χ1v) is 7.38. The number of hydrogen-bond acceptors (Lipinski definition) is 3. The Morgan fingerprint density at radius 3 is 2.41 bits per heavy atom. The zero-order valence-corrected chi connectivity index (χ0v) is 13.4. The first kappa shape index (κ1) is 14.4. The highest BCUT2D eigenvalue weighted by atomic mass is 16.5. The molecule has 0 unspecified atom stereocenters. The van der Waals surface area contributed by atoms with E-state index in [-0.39, 0.29) is 5.54 Å². The molecule has 4 heteroatoms. The third-order valence-electron chi connectivity index (χ3n) is 3.39. The van der Waals surface area contributed by atoms with Crippen LogP contribution in [0.2, 0.25) is 0 Å². The minimum atomic E-state index is -0.0486. The summed E-state index contributed by atoms with van der Waals surface area (Å²) >= 11 is 0. The molecule has 0 fully saturated rings. The summed E-state index contributed by atoms with van der Waals surface area (Å²) in [5, 5.41) is 3.57. The lowest BCUT2D eigenvalue weighted by atomic mass is 10.1. The van der Waals surface area contributed by atoms with Crippen molar-refractivity contribution in [3.63, 3.8) is 0 Å². The van der Waals surface area contributed by atoms with Crippen molar-refractivity contribution in [1.82, 2.24) is 9.38 Å². The number of pyridine rings is 1. The highest BCUT2D eigenvalue weighted by Crippen LogP contribution is 2.31. The summed E-state index contributed by atoms with van der Waals surface area (Å²) in [6.07, 6.45) is 2.03. The van der Waals surface area contributed by atoms with E-state index < -0.39 is 0 Å². The first-order chi connectivity index (χ1) is 10.5. The molecule has 0 bridgehead atoms. The molecule has 0 aliphatic heterocycles. The first-order valence-electron chi connectivity index (χ1n) is 7.38. The van der Waals surface area contributed by atoms with E-state index in [9.17, 15) is 0 Å². The largest absolute Gasteiger partial charge is 0.497 e. The van der Waals surface area contributed by atoms with Gasteiger partial charge in [0.25, 0.3) is 0 Å². The Hall–Kier alpha value is -2.49. The maximum absolute atomic E-state index is 5.23. The number of nitrogens with one attached hydrogen (secondary N) is 1. The lowest BCUT2D eigenvalue weighted by Crippen LogP contribution is -2.27. The summed E-state index contributed by atoms with van der Waals surface area (Å²) in [7, 11) is 1.67. The Bertz CT molecular complexity index is 782. The van der Waals surface area contributed by atoms with Crippen molar-refractivity contribution in [1.29, 1.82) is 0 Å². The average molecular weight is 295 g/mol. The fourth-order valence-electron chi connectivity index (χ4n) is 2.42. The van der Waals surface area contributed by atoms with Crippen molar-refractivity contribution in [2.24, 2.45) is 0 Å². The summed E-state index contributed by atoms with van der Waals surface area (Å²) in [5.41, 5.74) is 2.90. The van der Waals surface area contributed by atoms with E-state index >= 15 is 0 Å². The lowest BCUT2D eigenvalue weighted by Gasteiger charge is -2.22. The molecular weight excluding hydrogens is 274 g/mol. The molecule has 0 saturated heterocycles. The zero-order valence-electron chi connectivity index (χ0n) is 13.4. The van der Waals surface area contributed by atoms with Crippen molar-refractivity contribution in [3.8, 4) is 17.0 Å². The molecule has 0 saturated carbocycles. The van der Waals surface area contributed by atoms with Gasteiger partial charge in [0.2, 0.25) is 0 Å². The Morgan fingerprint density at radius 2 is 1.77 bits per heavy atom. The van der Waals surface area contributed by atoms with E-state index in [0.29, 0.717) is 0 Å². The predicted octanol–water partition coefficient (Wildman–Crippen LogP) is 4.22. The van der Waals surface area contributed by atoms with Gasteiger partial charge >= 0.3 is 0 Å². The number of imidazole rings is 1. The summed E-state index contributed by atoms with van der Waals surface area (Å²) in [4.78, 5) is 4.78. The Labute approximate surface area is 130 Å². The van der Waals surface area contributed by atoms with Crippen molar-refractivity contribution in [2.45, 2.75) is 26.3 Å². The van der Waals surface area contributed by atoms with Crippen LogP contribution in [-0.2, 0) is 0 Å². The van der Waals surface area contributed by atoms with Crippen LogP contribution in [0.5, 0.6) is 5.75 Å². The third-order valence-corrected chi connectivity index (χ3v) is 3.39.